The Hall–Kier alpha value is -1.64. The van der Waals surface area contributed by atoms with Gasteiger partial charge in [0.15, 0.2) is 6.10 Å². The summed E-state index contributed by atoms with van der Waals surface area (Å²) in [6.07, 6.45) is -0.773. The van der Waals surface area contributed by atoms with Crippen molar-refractivity contribution in [1.82, 2.24) is 4.31 Å². The van der Waals surface area contributed by atoms with Crippen LogP contribution in [0.1, 0.15) is 38.8 Å². The highest BCUT2D eigenvalue weighted by Crippen LogP contribution is 2.27. The summed E-state index contributed by atoms with van der Waals surface area (Å²) in [5.74, 6) is 0.135. The van der Waals surface area contributed by atoms with Crippen LogP contribution < -0.4 is 4.74 Å². The molecule has 0 amide bonds. The van der Waals surface area contributed by atoms with Crippen LogP contribution >= 0.6 is 0 Å². The quantitative estimate of drug-likeness (QED) is 0.623. The maximum atomic E-state index is 12.9. The Morgan fingerprint density at radius 2 is 1.70 bits per heavy atom. The molecule has 0 aliphatic rings. The minimum atomic E-state index is -3.69. The third-order valence-electron chi connectivity index (χ3n) is 3.85. The molecule has 0 radical (unpaired) electrons. The number of esters is 1. The van der Waals surface area contributed by atoms with E-state index in [1.54, 1.807) is 53.7 Å². The van der Waals surface area contributed by atoms with Crippen LogP contribution in [0.4, 0.5) is 0 Å². The molecule has 0 spiro atoms. The summed E-state index contributed by atoms with van der Waals surface area (Å²) in [5, 5.41) is 0. The molecule has 1 atom stereocenters. The van der Waals surface area contributed by atoms with Gasteiger partial charge < -0.3 is 14.2 Å². The number of methoxy groups -OCH3 is 1. The Labute approximate surface area is 162 Å². The lowest BCUT2D eigenvalue weighted by atomic mass is 10.1. The first-order chi connectivity index (χ1) is 12.3. The number of carbonyl (C=O) groups excluding carboxylic acids is 1. The molecule has 0 aliphatic carbocycles. The van der Waals surface area contributed by atoms with E-state index in [4.69, 9.17) is 14.2 Å². The van der Waals surface area contributed by atoms with Crippen molar-refractivity contribution in [1.29, 1.82) is 0 Å². The average molecular weight is 402 g/mol. The number of aryl methyl sites for hydroxylation is 2. The molecule has 0 saturated carbocycles. The van der Waals surface area contributed by atoms with Crippen LogP contribution in [-0.4, -0.2) is 57.7 Å². The van der Waals surface area contributed by atoms with Crippen molar-refractivity contribution < 1.29 is 27.4 Å². The van der Waals surface area contributed by atoms with Gasteiger partial charge in [-0.15, -0.1) is 0 Å². The third-order valence-corrected chi connectivity index (χ3v) is 6.01. The van der Waals surface area contributed by atoms with Crippen molar-refractivity contribution in [2.45, 2.75) is 58.1 Å². The van der Waals surface area contributed by atoms with Gasteiger partial charge in [-0.2, -0.15) is 4.31 Å². The first kappa shape index (κ1) is 23.4. The van der Waals surface area contributed by atoms with E-state index in [1.165, 1.54) is 18.5 Å². The second-order valence-corrected chi connectivity index (χ2v) is 9.45. The van der Waals surface area contributed by atoms with E-state index in [2.05, 4.69) is 0 Å². The molecule has 0 bridgehead atoms. The number of hydrogen-bond acceptors (Lipinski definition) is 6. The molecule has 0 fully saturated rings. The minimum Gasteiger partial charge on any atom is -0.497 e. The van der Waals surface area contributed by atoms with Crippen LogP contribution in [0.15, 0.2) is 17.0 Å². The molecular weight excluding hydrogens is 370 g/mol. The topological polar surface area (TPSA) is 82.1 Å². The molecule has 1 aromatic carbocycles. The maximum absolute atomic E-state index is 12.9. The first-order valence-corrected chi connectivity index (χ1v) is 10.2. The number of carbonyl (C=O) groups is 1. The lowest BCUT2D eigenvalue weighted by Gasteiger charge is -2.23. The molecule has 154 valence electrons. The molecule has 0 heterocycles. The van der Waals surface area contributed by atoms with E-state index in [0.29, 0.717) is 16.9 Å². The summed E-state index contributed by atoms with van der Waals surface area (Å²) in [5.41, 5.74) is 0.626. The zero-order chi connectivity index (χ0) is 21.0. The molecule has 1 rings (SSSR count). The van der Waals surface area contributed by atoms with Gasteiger partial charge in [-0.1, -0.05) is 0 Å². The molecule has 1 aromatic rings. The highest BCUT2D eigenvalue weighted by Gasteiger charge is 2.26. The summed E-state index contributed by atoms with van der Waals surface area (Å²) in [7, 11) is -0.665. The predicted octanol–water partition coefficient (Wildman–Crippen LogP) is 2.68. The summed E-state index contributed by atoms with van der Waals surface area (Å²) in [4.78, 5) is 12.2. The molecule has 7 nitrogen and oxygen atoms in total. The van der Waals surface area contributed by atoms with Gasteiger partial charge >= 0.3 is 5.97 Å². The van der Waals surface area contributed by atoms with E-state index < -0.39 is 27.7 Å². The van der Waals surface area contributed by atoms with E-state index in [9.17, 15) is 13.2 Å². The fourth-order valence-corrected chi connectivity index (χ4v) is 4.08. The van der Waals surface area contributed by atoms with Crippen molar-refractivity contribution >= 4 is 16.0 Å². The zero-order valence-corrected chi connectivity index (χ0v) is 18.3. The molecule has 0 aliphatic heterocycles. The Balaban J connectivity index is 2.77. The van der Waals surface area contributed by atoms with Crippen molar-refractivity contribution in [3.05, 3.63) is 23.3 Å². The monoisotopic (exact) mass is 401 g/mol. The number of ether oxygens (including phenoxy) is 3. The van der Waals surface area contributed by atoms with Crippen LogP contribution in [0.3, 0.4) is 0 Å². The fraction of sp³-hybridized carbons (Fsp3) is 0.632. The van der Waals surface area contributed by atoms with Gasteiger partial charge in [0.1, 0.15) is 11.4 Å². The molecule has 27 heavy (non-hydrogen) atoms. The highest BCUT2D eigenvalue weighted by molar-refractivity contribution is 7.89. The molecule has 8 heteroatoms. The van der Waals surface area contributed by atoms with Crippen molar-refractivity contribution in [2.24, 2.45) is 0 Å². The molecule has 0 saturated heterocycles. The summed E-state index contributed by atoms with van der Waals surface area (Å²) in [6.45, 7) is 10.6. The van der Waals surface area contributed by atoms with E-state index in [-0.39, 0.29) is 18.0 Å². The molecular formula is C19H31NO6S. The summed E-state index contributed by atoms with van der Waals surface area (Å²) < 4.78 is 42.9. The predicted molar refractivity (Wildman–Crippen MR) is 104 cm³/mol. The number of benzene rings is 1. The summed E-state index contributed by atoms with van der Waals surface area (Å²) >= 11 is 0. The van der Waals surface area contributed by atoms with Gasteiger partial charge in [0.05, 0.1) is 18.6 Å². The van der Waals surface area contributed by atoms with E-state index in [0.717, 1.165) is 0 Å². The number of rotatable bonds is 8. The number of sulfonamides is 1. The minimum absolute atomic E-state index is 0.0738. The average Bonchev–Trinajstić information content (AvgIpc) is 2.51. The van der Waals surface area contributed by atoms with Crippen LogP contribution in [-0.2, 0) is 24.3 Å². The Morgan fingerprint density at radius 1 is 1.19 bits per heavy atom. The normalized spacial score (nSPS) is 13.5. The zero-order valence-electron chi connectivity index (χ0n) is 17.5. The second kappa shape index (κ2) is 9.03. The third kappa shape index (κ3) is 6.48. The van der Waals surface area contributed by atoms with Gasteiger partial charge in [0, 0.05) is 13.6 Å². The Kier molecular flexibility index (Phi) is 7.83. The lowest BCUT2D eigenvalue weighted by Crippen LogP contribution is -2.35. The summed E-state index contributed by atoms with van der Waals surface area (Å²) in [6, 6.07) is 3.38. The van der Waals surface area contributed by atoms with Crippen molar-refractivity contribution in [3.8, 4) is 5.75 Å². The van der Waals surface area contributed by atoms with Crippen LogP contribution in [0.25, 0.3) is 0 Å². The number of likely N-dealkylation sites (N-methyl/N-ethyl adjacent to an activating group) is 1. The highest BCUT2D eigenvalue weighted by atomic mass is 32.2. The van der Waals surface area contributed by atoms with Gasteiger partial charge in [-0.25, -0.2) is 13.2 Å². The van der Waals surface area contributed by atoms with Gasteiger partial charge in [-0.3, -0.25) is 0 Å². The van der Waals surface area contributed by atoms with Gasteiger partial charge in [-0.05, 0) is 64.8 Å². The first-order valence-electron chi connectivity index (χ1n) is 8.75. The van der Waals surface area contributed by atoms with Gasteiger partial charge in [0.2, 0.25) is 10.0 Å². The molecule has 0 unspecified atom stereocenters. The maximum Gasteiger partial charge on any atom is 0.335 e. The van der Waals surface area contributed by atoms with Crippen LogP contribution in [0.5, 0.6) is 5.75 Å². The number of nitrogens with zero attached hydrogens (tertiary/aromatic N) is 1. The molecule has 0 N–H and O–H groups in total. The smallest absolute Gasteiger partial charge is 0.335 e. The van der Waals surface area contributed by atoms with Crippen LogP contribution in [0.2, 0.25) is 0 Å². The van der Waals surface area contributed by atoms with Crippen molar-refractivity contribution in [2.75, 3.05) is 27.3 Å². The van der Waals surface area contributed by atoms with Crippen LogP contribution in [0, 0.1) is 13.8 Å². The lowest BCUT2D eigenvalue weighted by molar-refractivity contribution is -0.167. The van der Waals surface area contributed by atoms with E-state index >= 15 is 0 Å². The fourth-order valence-electron chi connectivity index (χ4n) is 2.52. The standard InChI is InChI=1S/C19H31NO6S/c1-13-11-16(24-8)12-14(2)17(13)27(22,23)20(7)9-10-25-15(3)18(21)26-19(4,5)6/h11-12,15H,9-10H2,1-8H3/t15-/m1/s1. The molecule has 0 aromatic heterocycles. The largest absolute Gasteiger partial charge is 0.497 e. The Morgan fingerprint density at radius 3 is 2.15 bits per heavy atom. The SMILES string of the molecule is COc1cc(C)c(S(=O)(=O)N(C)CCO[C@H](C)C(=O)OC(C)(C)C)c(C)c1. The van der Waals surface area contributed by atoms with Crippen molar-refractivity contribution in [3.63, 3.8) is 0 Å². The van der Waals surface area contributed by atoms with Gasteiger partial charge in [0.25, 0.3) is 0 Å². The second-order valence-electron chi connectivity index (χ2n) is 7.46. The van der Waals surface area contributed by atoms with E-state index in [1.807, 2.05) is 0 Å². The Bertz CT molecular complexity index is 744. The number of hydrogen-bond donors (Lipinski definition) is 0.